The van der Waals surface area contributed by atoms with Crippen LogP contribution in [0.1, 0.15) is 38.8 Å². The highest BCUT2D eigenvalue weighted by Gasteiger charge is 2.17. The van der Waals surface area contributed by atoms with Crippen LogP contribution in [-0.4, -0.2) is 15.7 Å². The third-order valence-electron chi connectivity index (χ3n) is 2.35. The SMILES string of the molecule is [B]C(C)(C)c1cccc(C([B])(C)C)c1. The molecule has 0 atom stereocenters. The number of benzene rings is 1. The van der Waals surface area contributed by atoms with Crippen LogP contribution in [-0.2, 0) is 10.6 Å². The van der Waals surface area contributed by atoms with E-state index in [0.717, 1.165) is 11.1 Å². The Morgan fingerprint density at radius 1 is 0.857 bits per heavy atom. The summed E-state index contributed by atoms with van der Waals surface area (Å²) in [6, 6.07) is 8.17. The summed E-state index contributed by atoms with van der Waals surface area (Å²) in [4.78, 5) is 0. The molecular weight excluding hydrogens is 166 g/mol. The van der Waals surface area contributed by atoms with Gasteiger partial charge in [-0.05, 0) is 10.6 Å². The normalized spacial score (nSPS) is 12.9. The molecule has 0 spiro atoms. The fraction of sp³-hybridized carbons (Fsp3) is 0.500. The Morgan fingerprint density at radius 2 is 1.21 bits per heavy atom. The van der Waals surface area contributed by atoms with Crippen LogP contribution in [0.25, 0.3) is 0 Å². The lowest BCUT2D eigenvalue weighted by atomic mass is 9.63. The van der Waals surface area contributed by atoms with Gasteiger partial charge in [0.05, 0.1) is 15.7 Å². The molecule has 4 radical (unpaired) electrons. The fourth-order valence-electron chi connectivity index (χ4n) is 1.32. The van der Waals surface area contributed by atoms with Crippen molar-refractivity contribution in [2.24, 2.45) is 0 Å². The Bertz CT molecular complexity index is 287. The summed E-state index contributed by atoms with van der Waals surface area (Å²) in [5.41, 5.74) is 2.24. The number of hydrogen-bond donors (Lipinski definition) is 0. The van der Waals surface area contributed by atoms with E-state index in [1.807, 2.05) is 45.9 Å². The first-order chi connectivity index (χ1) is 6.21. The number of rotatable bonds is 2. The molecule has 0 saturated carbocycles. The molecule has 0 bridgehead atoms. The van der Waals surface area contributed by atoms with Crippen molar-refractivity contribution in [3.05, 3.63) is 35.4 Å². The van der Waals surface area contributed by atoms with Crippen LogP contribution in [0.15, 0.2) is 24.3 Å². The smallest absolute Gasteiger partial charge is 0.0639 e. The van der Waals surface area contributed by atoms with Crippen LogP contribution < -0.4 is 0 Å². The van der Waals surface area contributed by atoms with Crippen molar-refractivity contribution in [2.45, 2.75) is 38.3 Å². The van der Waals surface area contributed by atoms with Crippen LogP contribution >= 0.6 is 0 Å². The van der Waals surface area contributed by atoms with Crippen LogP contribution in [0, 0.1) is 0 Å². The van der Waals surface area contributed by atoms with Gasteiger partial charge in [0.2, 0.25) is 0 Å². The van der Waals surface area contributed by atoms with Gasteiger partial charge in [-0.25, -0.2) is 0 Å². The van der Waals surface area contributed by atoms with Gasteiger partial charge in [-0.15, -0.1) is 0 Å². The van der Waals surface area contributed by atoms with E-state index < -0.39 is 0 Å². The Labute approximate surface area is 89.9 Å². The summed E-state index contributed by atoms with van der Waals surface area (Å²) in [7, 11) is 12.1. The zero-order valence-corrected chi connectivity index (χ0v) is 9.46. The number of hydrogen-bond acceptors (Lipinski definition) is 0. The molecule has 1 rings (SSSR count). The molecule has 0 fully saturated rings. The predicted molar refractivity (Wildman–Crippen MR) is 64.0 cm³/mol. The second-order valence-electron chi connectivity index (χ2n) is 5.02. The maximum atomic E-state index is 6.03. The molecule has 14 heavy (non-hydrogen) atoms. The van der Waals surface area contributed by atoms with E-state index in [1.165, 1.54) is 0 Å². The largest absolute Gasteiger partial charge is 0.0802 e. The van der Waals surface area contributed by atoms with Gasteiger partial charge in [-0.1, -0.05) is 63.1 Å². The fourth-order valence-corrected chi connectivity index (χ4v) is 1.32. The molecule has 0 heterocycles. The maximum absolute atomic E-state index is 6.03. The summed E-state index contributed by atoms with van der Waals surface area (Å²) >= 11 is 0. The molecule has 0 unspecified atom stereocenters. The van der Waals surface area contributed by atoms with Crippen LogP contribution in [0.3, 0.4) is 0 Å². The lowest BCUT2D eigenvalue weighted by Crippen LogP contribution is -2.20. The molecule has 0 N–H and O–H groups in total. The second kappa shape index (κ2) is 3.49. The van der Waals surface area contributed by atoms with Crippen molar-refractivity contribution < 1.29 is 0 Å². The quantitative estimate of drug-likeness (QED) is 0.616. The summed E-state index contributed by atoms with van der Waals surface area (Å²) in [5, 5.41) is -0.609. The van der Waals surface area contributed by atoms with E-state index in [9.17, 15) is 0 Å². The Balaban J connectivity index is 3.15. The Morgan fingerprint density at radius 3 is 1.50 bits per heavy atom. The van der Waals surface area contributed by atoms with Gasteiger partial charge >= 0.3 is 0 Å². The highest BCUT2D eigenvalue weighted by atomic mass is 14.2. The van der Waals surface area contributed by atoms with Crippen molar-refractivity contribution >= 4 is 15.7 Å². The van der Waals surface area contributed by atoms with E-state index in [-0.39, 0.29) is 10.6 Å². The van der Waals surface area contributed by atoms with Gasteiger partial charge in [0, 0.05) is 0 Å². The zero-order chi connectivity index (χ0) is 11.0. The van der Waals surface area contributed by atoms with Crippen LogP contribution in [0.4, 0.5) is 0 Å². The first-order valence-electron chi connectivity index (χ1n) is 4.90. The third-order valence-corrected chi connectivity index (χ3v) is 2.35. The van der Waals surface area contributed by atoms with Crippen molar-refractivity contribution in [3.8, 4) is 0 Å². The van der Waals surface area contributed by atoms with E-state index in [0.29, 0.717) is 0 Å². The standard InChI is InChI=1S/C12H16B2/c1-11(2,13)9-6-5-7-10(8-9)12(3,4)14/h5-8H,1-4H3. The summed E-state index contributed by atoms with van der Waals surface area (Å²) in [5.74, 6) is 0. The van der Waals surface area contributed by atoms with Crippen LogP contribution in [0.2, 0.25) is 0 Å². The highest BCUT2D eigenvalue weighted by molar-refractivity contribution is 6.16. The van der Waals surface area contributed by atoms with E-state index in [2.05, 4.69) is 6.07 Å². The monoisotopic (exact) mass is 182 g/mol. The second-order valence-corrected chi connectivity index (χ2v) is 5.02. The van der Waals surface area contributed by atoms with Crippen molar-refractivity contribution in [2.75, 3.05) is 0 Å². The minimum Gasteiger partial charge on any atom is -0.0639 e. The molecule has 0 aliphatic carbocycles. The van der Waals surface area contributed by atoms with Gasteiger partial charge in [-0.3, -0.25) is 0 Å². The van der Waals surface area contributed by atoms with Crippen LogP contribution in [0.5, 0.6) is 0 Å². The van der Waals surface area contributed by atoms with Crippen molar-refractivity contribution in [1.82, 2.24) is 0 Å². The van der Waals surface area contributed by atoms with Gasteiger partial charge in [0.1, 0.15) is 0 Å². The minimum atomic E-state index is -0.304. The average molecular weight is 182 g/mol. The van der Waals surface area contributed by atoms with E-state index in [1.54, 1.807) is 0 Å². The summed E-state index contributed by atoms with van der Waals surface area (Å²) in [6.45, 7) is 7.98. The van der Waals surface area contributed by atoms with Crippen molar-refractivity contribution in [1.29, 1.82) is 0 Å². The van der Waals surface area contributed by atoms with Gasteiger partial charge in [-0.2, -0.15) is 0 Å². The lowest BCUT2D eigenvalue weighted by molar-refractivity contribution is 0.735. The molecule has 1 aromatic carbocycles. The molecular formula is C12H16B2. The summed E-state index contributed by atoms with van der Waals surface area (Å²) in [6.07, 6.45) is 0. The molecule has 1 aromatic rings. The third kappa shape index (κ3) is 2.67. The lowest BCUT2D eigenvalue weighted by Gasteiger charge is -2.25. The molecule has 0 aromatic heterocycles. The first kappa shape index (κ1) is 11.4. The zero-order valence-electron chi connectivity index (χ0n) is 9.46. The van der Waals surface area contributed by atoms with Gasteiger partial charge in [0.25, 0.3) is 0 Å². The van der Waals surface area contributed by atoms with E-state index in [4.69, 9.17) is 15.7 Å². The molecule has 0 amide bonds. The topological polar surface area (TPSA) is 0 Å². The highest BCUT2D eigenvalue weighted by Crippen LogP contribution is 2.25. The maximum Gasteiger partial charge on any atom is 0.0802 e. The van der Waals surface area contributed by atoms with E-state index >= 15 is 0 Å². The van der Waals surface area contributed by atoms with Crippen molar-refractivity contribution in [3.63, 3.8) is 0 Å². The van der Waals surface area contributed by atoms with Gasteiger partial charge in [0.15, 0.2) is 0 Å². The molecule has 0 nitrogen and oxygen atoms in total. The molecule has 0 aliphatic rings. The Hall–Kier alpha value is -0.650. The Kier molecular flexibility index (Phi) is 2.85. The summed E-state index contributed by atoms with van der Waals surface area (Å²) < 4.78 is 0. The van der Waals surface area contributed by atoms with Gasteiger partial charge < -0.3 is 0 Å². The molecule has 0 saturated heterocycles. The minimum absolute atomic E-state index is 0.304. The predicted octanol–water partition coefficient (Wildman–Crippen LogP) is 2.49. The molecule has 70 valence electrons. The molecule has 2 heteroatoms. The first-order valence-corrected chi connectivity index (χ1v) is 4.90. The average Bonchev–Trinajstić information content (AvgIpc) is 2.01. The molecule has 0 aliphatic heterocycles.